The smallest absolute Gasteiger partial charge is 0.271 e. The summed E-state index contributed by atoms with van der Waals surface area (Å²) in [4.78, 5) is 32.7. The van der Waals surface area contributed by atoms with Crippen LogP contribution in [0.15, 0.2) is 65.7 Å². The summed E-state index contributed by atoms with van der Waals surface area (Å²) in [6.07, 6.45) is 3.23. The molecule has 3 heterocycles. The number of hydrogen-bond donors (Lipinski definition) is 0. The van der Waals surface area contributed by atoms with Crippen molar-refractivity contribution in [2.24, 2.45) is 0 Å². The zero-order valence-corrected chi connectivity index (χ0v) is 15.8. The van der Waals surface area contributed by atoms with E-state index >= 15 is 0 Å². The molecule has 1 aromatic carbocycles. The van der Waals surface area contributed by atoms with E-state index in [1.807, 2.05) is 4.90 Å². The van der Waals surface area contributed by atoms with Gasteiger partial charge in [0.15, 0.2) is 0 Å². The number of halogens is 1. The average Bonchev–Trinajstić information content (AvgIpc) is 2.75. The van der Waals surface area contributed by atoms with Crippen LogP contribution in [-0.2, 0) is 0 Å². The van der Waals surface area contributed by atoms with E-state index in [0.29, 0.717) is 48.3 Å². The quantitative estimate of drug-likeness (QED) is 0.680. The predicted molar refractivity (Wildman–Crippen MR) is 107 cm³/mol. The Bertz CT molecular complexity index is 1030. The average molecular weight is 396 g/mol. The Morgan fingerprint density at radius 3 is 2.39 bits per heavy atom. The van der Waals surface area contributed by atoms with E-state index in [9.17, 15) is 9.59 Å². The van der Waals surface area contributed by atoms with Crippen molar-refractivity contribution < 1.29 is 4.79 Å². The number of pyridine rings is 1. The standard InChI is InChI=1S/C20H18ClN5O2/c21-16-3-5-17(6-4-16)26-19(27)8-7-18(23-26)24-10-12-25(13-11-24)20(28)15-2-1-9-22-14-15/h1-9,14H,10-13H2. The van der Waals surface area contributed by atoms with Gasteiger partial charge in [-0.3, -0.25) is 14.6 Å². The molecule has 7 nitrogen and oxygen atoms in total. The summed E-state index contributed by atoms with van der Waals surface area (Å²) in [7, 11) is 0. The third-order valence-electron chi connectivity index (χ3n) is 4.66. The molecule has 3 aromatic rings. The molecule has 0 spiro atoms. The number of rotatable bonds is 3. The minimum Gasteiger partial charge on any atom is -0.352 e. The van der Waals surface area contributed by atoms with Crippen molar-refractivity contribution >= 4 is 23.3 Å². The van der Waals surface area contributed by atoms with Gasteiger partial charge in [-0.2, -0.15) is 4.68 Å². The molecule has 0 N–H and O–H groups in total. The van der Waals surface area contributed by atoms with Crippen LogP contribution in [-0.4, -0.2) is 51.8 Å². The van der Waals surface area contributed by atoms with Crippen LogP contribution in [0.25, 0.3) is 5.69 Å². The van der Waals surface area contributed by atoms with Crippen molar-refractivity contribution in [2.45, 2.75) is 0 Å². The molecule has 0 unspecified atom stereocenters. The molecule has 1 fully saturated rings. The van der Waals surface area contributed by atoms with Crippen molar-refractivity contribution in [3.05, 3.63) is 81.9 Å². The predicted octanol–water partition coefficient (Wildman–Crippen LogP) is 2.24. The van der Waals surface area contributed by atoms with Crippen LogP contribution in [0.1, 0.15) is 10.4 Å². The number of anilines is 1. The monoisotopic (exact) mass is 395 g/mol. The highest BCUT2D eigenvalue weighted by Crippen LogP contribution is 2.16. The van der Waals surface area contributed by atoms with E-state index in [4.69, 9.17) is 11.6 Å². The van der Waals surface area contributed by atoms with Crippen LogP contribution in [0.4, 0.5) is 5.82 Å². The Balaban J connectivity index is 1.49. The molecule has 1 saturated heterocycles. The Kier molecular flexibility index (Phi) is 5.08. The van der Waals surface area contributed by atoms with E-state index < -0.39 is 0 Å². The third-order valence-corrected chi connectivity index (χ3v) is 4.91. The lowest BCUT2D eigenvalue weighted by molar-refractivity contribution is 0.0746. The maximum atomic E-state index is 12.5. The SMILES string of the molecule is O=C(c1cccnc1)N1CCN(c2ccc(=O)n(-c3ccc(Cl)cc3)n2)CC1. The van der Waals surface area contributed by atoms with Crippen LogP contribution in [0, 0.1) is 0 Å². The molecule has 4 rings (SSSR count). The topological polar surface area (TPSA) is 71.3 Å². The molecule has 1 amide bonds. The number of nitrogens with zero attached hydrogens (tertiary/aromatic N) is 5. The van der Waals surface area contributed by atoms with E-state index in [-0.39, 0.29) is 11.5 Å². The third kappa shape index (κ3) is 3.75. The molecule has 28 heavy (non-hydrogen) atoms. The first-order valence-electron chi connectivity index (χ1n) is 8.92. The van der Waals surface area contributed by atoms with Gasteiger partial charge >= 0.3 is 0 Å². The van der Waals surface area contributed by atoms with E-state index in [2.05, 4.69) is 15.0 Å². The van der Waals surface area contributed by atoms with Crippen molar-refractivity contribution in [1.82, 2.24) is 19.7 Å². The summed E-state index contributed by atoms with van der Waals surface area (Å²) in [5, 5.41) is 5.10. The van der Waals surface area contributed by atoms with Gasteiger partial charge in [0.05, 0.1) is 11.3 Å². The minimum absolute atomic E-state index is 0.0214. The van der Waals surface area contributed by atoms with Crippen molar-refractivity contribution in [2.75, 3.05) is 31.1 Å². The summed E-state index contributed by atoms with van der Waals surface area (Å²) < 4.78 is 1.36. The first-order valence-corrected chi connectivity index (χ1v) is 9.30. The number of piperazine rings is 1. The molecule has 2 aromatic heterocycles. The second-order valence-electron chi connectivity index (χ2n) is 6.44. The number of aromatic nitrogens is 3. The van der Waals surface area contributed by atoms with Crippen LogP contribution in [0.3, 0.4) is 0 Å². The van der Waals surface area contributed by atoms with Crippen molar-refractivity contribution in [3.63, 3.8) is 0 Å². The van der Waals surface area contributed by atoms with Gasteiger partial charge in [-0.15, -0.1) is 5.10 Å². The Morgan fingerprint density at radius 1 is 0.964 bits per heavy atom. The molecule has 142 valence electrons. The first kappa shape index (κ1) is 18.2. The minimum atomic E-state index is -0.212. The summed E-state index contributed by atoms with van der Waals surface area (Å²) in [6, 6.07) is 13.7. The lowest BCUT2D eigenvalue weighted by Crippen LogP contribution is -2.49. The zero-order valence-electron chi connectivity index (χ0n) is 15.0. The number of benzene rings is 1. The molecule has 0 atom stereocenters. The molecule has 0 aliphatic carbocycles. The van der Waals surface area contributed by atoms with Crippen LogP contribution in [0.5, 0.6) is 0 Å². The Morgan fingerprint density at radius 2 is 1.71 bits per heavy atom. The number of amides is 1. The van der Waals surface area contributed by atoms with Crippen LogP contribution in [0.2, 0.25) is 5.02 Å². The Hall–Kier alpha value is -3.19. The van der Waals surface area contributed by atoms with Crippen LogP contribution >= 0.6 is 11.6 Å². The van der Waals surface area contributed by atoms with Crippen molar-refractivity contribution in [3.8, 4) is 5.69 Å². The molecule has 8 heteroatoms. The maximum absolute atomic E-state index is 12.5. The highest BCUT2D eigenvalue weighted by molar-refractivity contribution is 6.30. The van der Waals surface area contributed by atoms with Crippen molar-refractivity contribution in [1.29, 1.82) is 0 Å². The van der Waals surface area contributed by atoms with Gasteiger partial charge < -0.3 is 9.80 Å². The highest BCUT2D eigenvalue weighted by atomic mass is 35.5. The number of carbonyl (C=O) groups is 1. The highest BCUT2D eigenvalue weighted by Gasteiger charge is 2.23. The van der Waals surface area contributed by atoms with Gasteiger partial charge in [-0.05, 0) is 42.5 Å². The molecule has 0 bridgehead atoms. The van der Waals surface area contributed by atoms with Gasteiger partial charge in [-0.25, -0.2) is 0 Å². The second kappa shape index (κ2) is 7.82. The summed E-state index contributed by atoms with van der Waals surface area (Å²) in [5.41, 5.74) is 1.03. The molecule has 0 radical (unpaired) electrons. The second-order valence-corrected chi connectivity index (χ2v) is 6.88. The Labute approximate surface area is 166 Å². The summed E-state index contributed by atoms with van der Waals surface area (Å²) in [5.74, 6) is 0.676. The molecular formula is C20H18ClN5O2. The summed E-state index contributed by atoms with van der Waals surface area (Å²) >= 11 is 5.92. The molecular weight excluding hydrogens is 378 g/mol. The fraction of sp³-hybridized carbons (Fsp3) is 0.200. The lowest BCUT2D eigenvalue weighted by atomic mass is 10.2. The summed E-state index contributed by atoms with van der Waals surface area (Å²) in [6.45, 7) is 2.43. The molecule has 0 saturated carbocycles. The van der Waals surface area contributed by atoms with Gasteiger partial charge in [0.25, 0.3) is 11.5 Å². The fourth-order valence-corrected chi connectivity index (χ4v) is 3.27. The van der Waals surface area contributed by atoms with Gasteiger partial charge in [0.2, 0.25) is 0 Å². The van der Waals surface area contributed by atoms with Gasteiger partial charge in [0, 0.05) is 49.7 Å². The maximum Gasteiger partial charge on any atom is 0.271 e. The van der Waals surface area contributed by atoms with Gasteiger partial charge in [-0.1, -0.05) is 11.6 Å². The van der Waals surface area contributed by atoms with E-state index in [1.54, 1.807) is 54.9 Å². The van der Waals surface area contributed by atoms with E-state index in [0.717, 1.165) is 0 Å². The van der Waals surface area contributed by atoms with Gasteiger partial charge in [0.1, 0.15) is 5.82 Å². The largest absolute Gasteiger partial charge is 0.352 e. The number of carbonyl (C=O) groups excluding carboxylic acids is 1. The van der Waals surface area contributed by atoms with E-state index in [1.165, 1.54) is 10.7 Å². The lowest BCUT2D eigenvalue weighted by Gasteiger charge is -2.35. The zero-order chi connectivity index (χ0) is 19.5. The first-order chi connectivity index (χ1) is 13.6. The van der Waals surface area contributed by atoms with Crippen LogP contribution < -0.4 is 10.5 Å². The molecule has 1 aliphatic heterocycles. The normalized spacial score (nSPS) is 14.2. The fourth-order valence-electron chi connectivity index (χ4n) is 3.15. The number of hydrogen-bond acceptors (Lipinski definition) is 5. The molecule has 1 aliphatic rings.